The molecule has 1 saturated carbocycles. The molecule has 2 rings (SSSR count). The molecule has 0 amide bonds. The number of nitrogens with zero attached hydrogens (tertiary/aromatic N) is 2. The molecular formula is C15H31N3. The van der Waals surface area contributed by atoms with E-state index in [0.717, 1.165) is 12.0 Å². The Bertz CT molecular complexity index is 220. The number of hydrogen-bond donors (Lipinski definition) is 1. The van der Waals surface area contributed by atoms with E-state index in [1.54, 1.807) is 0 Å². The topological polar surface area (TPSA) is 18.5 Å². The molecular weight excluding hydrogens is 222 g/mol. The first-order chi connectivity index (χ1) is 8.75. The molecule has 0 aromatic rings. The van der Waals surface area contributed by atoms with Crippen molar-refractivity contribution in [3.05, 3.63) is 0 Å². The Hall–Kier alpha value is -0.120. The molecule has 1 aliphatic carbocycles. The van der Waals surface area contributed by atoms with E-state index >= 15 is 0 Å². The monoisotopic (exact) mass is 253 g/mol. The van der Waals surface area contributed by atoms with Crippen LogP contribution in [0.5, 0.6) is 0 Å². The van der Waals surface area contributed by atoms with E-state index in [1.165, 1.54) is 71.4 Å². The Kier molecular flexibility index (Phi) is 5.93. The van der Waals surface area contributed by atoms with Gasteiger partial charge < -0.3 is 15.1 Å². The van der Waals surface area contributed by atoms with E-state index in [0.29, 0.717) is 0 Å². The third kappa shape index (κ3) is 4.52. The van der Waals surface area contributed by atoms with Gasteiger partial charge in [-0.25, -0.2) is 0 Å². The first-order valence-corrected chi connectivity index (χ1v) is 7.89. The second-order valence-corrected chi connectivity index (χ2v) is 6.39. The van der Waals surface area contributed by atoms with Crippen molar-refractivity contribution in [2.45, 2.75) is 45.1 Å². The van der Waals surface area contributed by atoms with Gasteiger partial charge in [0.2, 0.25) is 0 Å². The summed E-state index contributed by atoms with van der Waals surface area (Å²) in [6, 6.07) is 0.865. The molecule has 1 N–H and O–H groups in total. The van der Waals surface area contributed by atoms with E-state index in [1.807, 2.05) is 0 Å². The molecule has 3 nitrogen and oxygen atoms in total. The van der Waals surface area contributed by atoms with E-state index in [4.69, 9.17) is 0 Å². The van der Waals surface area contributed by atoms with Crippen LogP contribution in [0.25, 0.3) is 0 Å². The van der Waals surface area contributed by atoms with Gasteiger partial charge >= 0.3 is 0 Å². The van der Waals surface area contributed by atoms with Crippen LogP contribution >= 0.6 is 0 Å². The highest BCUT2D eigenvalue weighted by Gasteiger charge is 2.20. The SMILES string of the molecule is CC(CN1CCNCC1)CN(C)C1CCCCC1. The first kappa shape index (κ1) is 14.3. The maximum absolute atomic E-state index is 3.43. The van der Waals surface area contributed by atoms with Crippen molar-refractivity contribution in [2.75, 3.05) is 46.3 Å². The van der Waals surface area contributed by atoms with E-state index in [2.05, 4.69) is 29.1 Å². The molecule has 0 aromatic heterocycles. The number of piperazine rings is 1. The Morgan fingerprint density at radius 3 is 2.50 bits per heavy atom. The van der Waals surface area contributed by atoms with E-state index in [-0.39, 0.29) is 0 Å². The van der Waals surface area contributed by atoms with Gasteiger partial charge in [-0.05, 0) is 25.8 Å². The Morgan fingerprint density at radius 1 is 1.17 bits per heavy atom. The zero-order valence-electron chi connectivity index (χ0n) is 12.3. The summed E-state index contributed by atoms with van der Waals surface area (Å²) < 4.78 is 0. The minimum atomic E-state index is 0.801. The molecule has 0 bridgehead atoms. The van der Waals surface area contributed by atoms with Crippen LogP contribution in [0, 0.1) is 5.92 Å². The molecule has 2 fully saturated rings. The van der Waals surface area contributed by atoms with Crippen molar-refractivity contribution >= 4 is 0 Å². The van der Waals surface area contributed by atoms with Gasteiger partial charge in [0.15, 0.2) is 0 Å². The fourth-order valence-corrected chi connectivity index (χ4v) is 3.55. The van der Waals surface area contributed by atoms with Crippen molar-refractivity contribution in [3.63, 3.8) is 0 Å². The largest absolute Gasteiger partial charge is 0.314 e. The van der Waals surface area contributed by atoms with Crippen molar-refractivity contribution in [2.24, 2.45) is 5.92 Å². The van der Waals surface area contributed by atoms with E-state index < -0.39 is 0 Å². The second kappa shape index (κ2) is 7.46. The lowest BCUT2D eigenvalue weighted by molar-refractivity contribution is 0.141. The lowest BCUT2D eigenvalue weighted by atomic mass is 9.94. The van der Waals surface area contributed by atoms with Crippen LogP contribution in [0.1, 0.15) is 39.0 Å². The second-order valence-electron chi connectivity index (χ2n) is 6.39. The van der Waals surface area contributed by atoms with E-state index in [9.17, 15) is 0 Å². The Morgan fingerprint density at radius 2 is 1.83 bits per heavy atom. The molecule has 1 atom stereocenters. The fraction of sp³-hybridized carbons (Fsp3) is 1.00. The minimum absolute atomic E-state index is 0.801. The third-order valence-corrected chi connectivity index (χ3v) is 4.58. The summed E-state index contributed by atoms with van der Waals surface area (Å²) in [5.74, 6) is 0.801. The summed E-state index contributed by atoms with van der Waals surface area (Å²) >= 11 is 0. The number of nitrogens with one attached hydrogen (secondary N) is 1. The summed E-state index contributed by atoms with van der Waals surface area (Å²) in [6.07, 6.45) is 7.21. The predicted octanol–water partition coefficient (Wildman–Crippen LogP) is 1.79. The zero-order chi connectivity index (χ0) is 12.8. The van der Waals surface area contributed by atoms with Crippen molar-refractivity contribution in [3.8, 4) is 0 Å². The van der Waals surface area contributed by atoms with Gasteiger partial charge in [-0.15, -0.1) is 0 Å². The Balaban J connectivity index is 1.67. The van der Waals surface area contributed by atoms with Gasteiger partial charge in [0.05, 0.1) is 0 Å². The van der Waals surface area contributed by atoms with Gasteiger partial charge in [-0.1, -0.05) is 26.2 Å². The van der Waals surface area contributed by atoms with Crippen molar-refractivity contribution in [1.82, 2.24) is 15.1 Å². The van der Waals surface area contributed by atoms with Gasteiger partial charge in [-0.2, -0.15) is 0 Å². The van der Waals surface area contributed by atoms with Crippen LogP contribution in [0.15, 0.2) is 0 Å². The molecule has 1 unspecified atom stereocenters. The van der Waals surface area contributed by atoms with Gasteiger partial charge in [0.1, 0.15) is 0 Å². The quantitative estimate of drug-likeness (QED) is 0.806. The molecule has 1 heterocycles. The average Bonchev–Trinajstić information content (AvgIpc) is 2.40. The lowest BCUT2D eigenvalue weighted by Crippen LogP contribution is -2.46. The van der Waals surface area contributed by atoms with Crippen LogP contribution in [0.4, 0.5) is 0 Å². The summed E-state index contributed by atoms with van der Waals surface area (Å²) in [6.45, 7) is 9.78. The molecule has 0 spiro atoms. The summed E-state index contributed by atoms with van der Waals surface area (Å²) in [4.78, 5) is 5.25. The van der Waals surface area contributed by atoms with Crippen LogP contribution < -0.4 is 5.32 Å². The van der Waals surface area contributed by atoms with Gasteiger partial charge in [-0.3, -0.25) is 0 Å². The maximum atomic E-state index is 3.43. The van der Waals surface area contributed by atoms with Gasteiger partial charge in [0.25, 0.3) is 0 Å². The molecule has 18 heavy (non-hydrogen) atoms. The molecule has 1 saturated heterocycles. The highest BCUT2D eigenvalue weighted by atomic mass is 15.2. The van der Waals surface area contributed by atoms with Gasteiger partial charge in [0, 0.05) is 45.3 Å². The van der Waals surface area contributed by atoms with Crippen LogP contribution in [-0.2, 0) is 0 Å². The average molecular weight is 253 g/mol. The van der Waals surface area contributed by atoms with Crippen molar-refractivity contribution in [1.29, 1.82) is 0 Å². The maximum Gasteiger partial charge on any atom is 0.0107 e. The summed E-state index contributed by atoms with van der Waals surface area (Å²) in [7, 11) is 2.34. The molecule has 3 heteroatoms. The molecule has 0 aromatic carbocycles. The van der Waals surface area contributed by atoms with Crippen LogP contribution in [-0.4, -0.2) is 62.2 Å². The molecule has 106 valence electrons. The smallest absolute Gasteiger partial charge is 0.0107 e. The third-order valence-electron chi connectivity index (χ3n) is 4.58. The lowest BCUT2D eigenvalue weighted by Gasteiger charge is -2.35. The molecule has 0 radical (unpaired) electrons. The minimum Gasteiger partial charge on any atom is -0.314 e. The number of hydrogen-bond acceptors (Lipinski definition) is 3. The highest BCUT2D eigenvalue weighted by Crippen LogP contribution is 2.22. The Labute approximate surface area is 113 Å². The summed E-state index contributed by atoms with van der Waals surface area (Å²) in [5, 5.41) is 3.43. The normalized spacial score (nSPS) is 25.5. The number of rotatable bonds is 5. The van der Waals surface area contributed by atoms with Crippen molar-refractivity contribution < 1.29 is 0 Å². The predicted molar refractivity (Wildman–Crippen MR) is 78.0 cm³/mol. The van der Waals surface area contributed by atoms with Crippen LogP contribution in [0.2, 0.25) is 0 Å². The highest BCUT2D eigenvalue weighted by molar-refractivity contribution is 4.76. The molecule has 2 aliphatic rings. The summed E-state index contributed by atoms with van der Waals surface area (Å²) in [5.41, 5.74) is 0. The molecule has 1 aliphatic heterocycles. The van der Waals surface area contributed by atoms with Crippen LogP contribution in [0.3, 0.4) is 0 Å². The fourth-order valence-electron chi connectivity index (χ4n) is 3.55. The first-order valence-electron chi connectivity index (χ1n) is 7.89. The standard InChI is InChI=1S/C15H31N3/c1-14(13-18-10-8-16-9-11-18)12-17(2)15-6-4-3-5-7-15/h14-16H,3-13H2,1-2H3. The zero-order valence-corrected chi connectivity index (χ0v) is 12.3.